The lowest BCUT2D eigenvalue weighted by atomic mass is 10.1. The minimum atomic E-state index is -1.04. The van der Waals surface area contributed by atoms with Crippen LogP contribution in [0.1, 0.15) is 26.4 Å². The van der Waals surface area contributed by atoms with Gasteiger partial charge in [-0.2, -0.15) is 0 Å². The first-order valence-corrected chi connectivity index (χ1v) is 6.11. The highest BCUT2D eigenvalue weighted by Crippen LogP contribution is 2.19. The predicted molar refractivity (Wildman–Crippen MR) is 74.2 cm³/mol. The van der Waals surface area contributed by atoms with Crippen molar-refractivity contribution < 1.29 is 14.7 Å². The number of carboxylic acids is 1. The summed E-state index contributed by atoms with van der Waals surface area (Å²) in [7, 11) is 0. The molecule has 0 bridgehead atoms. The molecule has 0 radical (unpaired) electrons. The van der Waals surface area contributed by atoms with Crippen molar-refractivity contribution in [1.82, 2.24) is 4.40 Å². The number of aromatic nitrogens is 1. The van der Waals surface area contributed by atoms with Gasteiger partial charge in [-0.25, -0.2) is 4.79 Å². The number of carbonyl (C=O) groups is 2. The van der Waals surface area contributed by atoms with Gasteiger partial charge in [0.15, 0.2) is 0 Å². The molecule has 1 N–H and O–H groups in total. The maximum absolute atomic E-state index is 12.5. The van der Waals surface area contributed by atoms with Crippen molar-refractivity contribution >= 4 is 17.3 Å². The first kappa shape index (κ1) is 12.2. The topological polar surface area (TPSA) is 58.8 Å². The van der Waals surface area contributed by atoms with Crippen LogP contribution in [0.15, 0.2) is 60.8 Å². The number of nitrogens with zero attached hydrogens (tertiary/aromatic N) is 1. The molecule has 1 aromatic carbocycles. The van der Waals surface area contributed by atoms with Crippen molar-refractivity contribution in [2.45, 2.75) is 0 Å². The fourth-order valence-electron chi connectivity index (χ4n) is 2.24. The number of carboxylic acid groups (broad SMARTS) is 1. The van der Waals surface area contributed by atoms with Crippen LogP contribution in [-0.2, 0) is 0 Å². The van der Waals surface area contributed by atoms with Gasteiger partial charge in [0, 0.05) is 11.8 Å². The minimum absolute atomic E-state index is 0.130. The summed E-state index contributed by atoms with van der Waals surface area (Å²) < 4.78 is 1.61. The van der Waals surface area contributed by atoms with E-state index >= 15 is 0 Å². The zero-order valence-corrected chi connectivity index (χ0v) is 10.5. The SMILES string of the molecule is O=C(O)c1cc(C(=O)c2ccccc2)n2ccccc12. The van der Waals surface area contributed by atoms with Gasteiger partial charge in [0.2, 0.25) is 5.78 Å². The number of hydrogen-bond acceptors (Lipinski definition) is 2. The highest BCUT2D eigenvalue weighted by Gasteiger charge is 2.19. The monoisotopic (exact) mass is 265 g/mol. The van der Waals surface area contributed by atoms with E-state index in [-0.39, 0.29) is 11.3 Å². The normalized spacial score (nSPS) is 10.6. The molecule has 4 nitrogen and oxygen atoms in total. The lowest BCUT2D eigenvalue weighted by molar-refractivity contribution is 0.0699. The highest BCUT2D eigenvalue weighted by atomic mass is 16.4. The summed E-state index contributed by atoms with van der Waals surface area (Å²) >= 11 is 0. The Labute approximate surface area is 114 Å². The highest BCUT2D eigenvalue weighted by molar-refractivity contribution is 6.11. The van der Waals surface area contributed by atoms with Gasteiger partial charge >= 0.3 is 5.97 Å². The van der Waals surface area contributed by atoms with Crippen LogP contribution in [0.2, 0.25) is 0 Å². The first-order valence-electron chi connectivity index (χ1n) is 6.11. The van der Waals surface area contributed by atoms with Crippen molar-refractivity contribution in [3.8, 4) is 0 Å². The zero-order valence-electron chi connectivity index (χ0n) is 10.5. The largest absolute Gasteiger partial charge is 0.478 e. The van der Waals surface area contributed by atoms with Gasteiger partial charge in [0.25, 0.3) is 0 Å². The number of pyridine rings is 1. The maximum Gasteiger partial charge on any atom is 0.337 e. The van der Waals surface area contributed by atoms with Gasteiger partial charge in [-0.3, -0.25) is 4.79 Å². The molecule has 3 rings (SSSR count). The van der Waals surface area contributed by atoms with E-state index in [2.05, 4.69) is 0 Å². The zero-order chi connectivity index (χ0) is 14.1. The van der Waals surface area contributed by atoms with Crippen LogP contribution in [0.4, 0.5) is 0 Å². The van der Waals surface area contributed by atoms with Crippen LogP contribution in [0.25, 0.3) is 5.52 Å². The van der Waals surface area contributed by atoms with Crippen LogP contribution >= 0.6 is 0 Å². The number of fused-ring (bicyclic) bond motifs is 1. The van der Waals surface area contributed by atoms with E-state index in [1.165, 1.54) is 6.07 Å². The Kier molecular flexibility index (Phi) is 2.84. The fourth-order valence-corrected chi connectivity index (χ4v) is 2.24. The predicted octanol–water partition coefficient (Wildman–Crippen LogP) is 2.87. The van der Waals surface area contributed by atoms with Crippen LogP contribution in [0.5, 0.6) is 0 Å². The molecule has 4 heteroatoms. The summed E-state index contributed by atoms with van der Waals surface area (Å²) in [6, 6.07) is 15.4. The van der Waals surface area contributed by atoms with Crippen LogP contribution in [0.3, 0.4) is 0 Å². The molecular formula is C16H11NO3. The van der Waals surface area contributed by atoms with Crippen molar-refractivity contribution in [3.63, 3.8) is 0 Å². The number of aromatic carboxylic acids is 1. The number of rotatable bonds is 3. The van der Waals surface area contributed by atoms with Crippen molar-refractivity contribution in [2.24, 2.45) is 0 Å². The van der Waals surface area contributed by atoms with Crippen LogP contribution < -0.4 is 0 Å². The molecule has 0 aliphatic carbocycles. The molecule has 0 aliphatic heterocycles. The minimum Gasteiger partial charge on any atom is -0.478 e. The van der Waals surface area contributed by atoms with Gasteiger partial charge in [0.1, 0.15) is 0 Å². The average molecular weight is 265 g/mol. The molecule has 20 heavy (non-hydrogen) atoms. The Morgan fingerprint density at radius 2 is 1.65 bits per heavy atom. The van der Waals surface area contributed by atoms with E-state index in [1.54, 1.807) is 53.1 Å². The molecule has 0 aliphatic rings. The molecule has 2 heterocycles. The van der Waals surface area contributed by atoms with Crippen LogP contribution in [-0.4, -0.2) is 21.3 Å². The van der Waals surface area contributed by atoms with Gasteiger partial charge in [-0.1, -0.05) is 36.4 Å². The maximum atomic E-state index is 12.5. The second kappa shape index (κ2) is 4.66. The Bertz CT molecular complexity index is 803. The van der Waals surface area contributed by atoms with Gasteiger partial charge in [-0.15, -0.1) is 0 Å². The van der Waals surface area contributed by atoms with Crippen LogP contribution in [0, 0.1) is 0 Å². The standard InChI is InChI=1S/C16H11NO3/c18-15(11-6-2-1-3-7-11)14-10-12(16(19)20)13-8-4-5-9-17(13)14/h1-10H,(H,19,20). The third-order valence-corrected chi connectivity index (χ3v) is 3.18. The summed E-state index contributed by atoms with van der Waals surface area (Å²) in [6.07, 6.45) is 1.69. The van der Waals surface area contributed by atoms with Gasteiger partial charge in [-0.05, 0) is 18.2 Å². The third-order valence-electron chi connectivity index (χ3n) is 3.18. The molecule has 0 amide bonds. The summed E-state index contributed by atoms with van der Waals surface area (Å²) in [5.41, 5.74) is 1.53. The van der Waals surface area contributed by atoms with E-state index < -0.39 is 5.97 Å². The Balaban J connectivity index is 2.22. The molecule has 2 aromatic heterocycles. The van der Waals surface area contributed by atoms with Crippen molar-refractivity contribution in [2.75, 3.05) is 0 Å². The fraction of sp³-hybridized carbons (Fsp3) is 0. The van der Waals surface area contributed by atoms with E-state index in [0.717, 1.165) is 0 Å². The molecule has 0 saturated carbocycles. The number of ketones is 1. The van der Waals surface area contributed by atoms with E-state index in [4.69, 9.17) is 0 Å². The summed E-state index contributed by atoms with van der Waals surface area (Å²) in [6.45, 7) is 0. The second-order valence-electron chi connectivity index (χ2n) is 4.40. The Morgan fingerprint density at radius 3 is 2.35 bits per heavy atom. The van der Waals surface area contributed by atoms with Crippen molar-refractivity contribution in [3.05, 3.63) is 77.6 Å². The van der Waals surface area contributed by atoms with Gasteiger partial charge < -0.3 is 9.51 Å². The van der Waals surface area contributed by atoms with E-state index in [1.807, 2.05) is 6.07 Å². The van der Waals surface area contributed by atoms with Crippen molar-refractivity contribution in [1.29, 1.82) is 0 Å². The molecule has 0 atom stereocenters. The van der Waals surface area contributed by atoms with E-state index in [9.17, 15) is 14.7 Å². The molecule has 0 saturated heterocycles. The average Bonchev–Trinajstić information content (AvgIpc) is 2.87. The molecule has 0 spiro atoms. The molecule has 3 aromatic rings. The molecule has 0 unspecified atom stereocenters. The second-order valence-corrected chi connectivity index (χ2v) is 4.40. The van der Waals surface area contributed by atoms with E-state index in [0.29, 0.717) is 16.8 Å². The smallest absolute Gasteiger partial charge is 0.337 e. The summed E-state index contributed by atoms with van der Waals surface area (Å²) in [5, 5.41) is 9.22. The van der Waals surface area contributed by atoms with Gasteiger partial charge in [0.05, 0.1) is 16.8 Å². The molecule has 98 valence electrons. The summed E-state index contributed by atoms with van der Waals surface area (Å²) in [5.74, 6) is -1.24. The first-order chi connectivity index (χ1) is 9.68. The lowest BCUT2D eigenvalue weighted by Crippen LogP contribution is -2.04. The quantitative estimate of drug-likeness (QED) is 0.741. The molecule has 0 fully saturated rings. The Morgan fingerprint density at radius 1 is 0.950 bits per heavy atom. The number of benzene rings is 1. The summed E-state index contributed by atoms with van der Waals surface area (Å²) in [4.78, 5) is 23.7. The third kappa shape index (κ3) is 1.87. The molecular weight excluding hydrogens is 254 g/mol. The Hall–Kier alpha value is -2.88. The lowest BCUT2D eigenvalue weighted by Gasteiger charge is -2.01. The number of carbonyl (C=O) groups excluding carboxylic acids is 1. The number of hydrogen-bond donors (Lipinski definition) is 1.